The van der Waals surface area contributed by atoms with Crippen LogP contribution in [0.5, 0.6) is 11.5 Å². The molecule has 0 atom stereocenters. The molecular formula is C17H16N2O. The molecule has 0 bridgehead atoms. The number of aromatic nitrogens is 1. The number of aryl methyl sites for hydroxylation is 2. The summed E-state index contributed by atoms with van der Waals surface area (Å²) in [5.74, 6) is 1.47. The SMILES string of the molecule is Cc1cc(C)cc(Oc2ccc3ncccc3c2N)c1. The molecular weight excluding hydrogens is 248 g/mol. The molecule has 0 saturated carbocycles. The van der Waals surface area contributed by atoms with Crippen LogP contribution in [0.1, 0.15) is 11.1 Å². The summed E-state index contributed by atoms with van der Waals surface area (Å²) in [6.45, 7) is 4.10. The van der Waals surface area contributed by atoms with Crippen LogP contribution in [-0.4, -0.2) is 4.98 Å². The number of ether oxygens (including phenoxy) is 1. The Labute approximate surface area is 118 Å². The largest absolute Gasteiger partial charge is 0.455 e. The van der Waals surface area contributed by atoms with E-state index in [-0.39, 0.29) is 0 Å². The van der Waals surface area contributed by atoms with Gasteiger partial charge in [0.2, 0.25) is 0 Å². The molecule has 3 rings (SSSR count). The van der Waals surface area contributed by atoms with Gasteiger partial charge in [-0.3, -0.25) is 4.98 Å². The molecule has 1 heterocycles. The zero-order chi connectivity index (χ0) is 14.1. The fourth-order valence-corrected chi connectivity index (χ4v) is 2.36. The van der Waals surface area contributed by atoms with E-state index in [2.05, 4.69) is 11.1 Å². The number of anilines is 1. The van der Waals surface area contributed by atoms with Crippen molar-refractivity contribution in [3.63, 3.8) is 0 Å². The first-order valence-electron chi connectivity index (χ1n) is 6.53. The van der Waals surface area contributed by atoms with Gasteiger partial charge in [-0.2, -0.15) is 0 Å². The van der Waals surface area contributed by atoms with Crippen molar-refractivity contribution in [3.05, 3.63) is 59.8 Å². The summed E-state index contributed by atoms with van der Waals surface area (Å²) >= 11 is 0. The topological polar surface area (TPSA) is 48.1 Å². The van der Waals surface area contributed by atoms with E-state index < -0.39 is 0 Å². The number of pyridine rings is 1. The van der Waals surface area contributed by atoms with Gasteiger partial charge >= 0.3 is 0 Å². The quantitative estimate of drug-likeness (QED) is 0.705. The number of nitrogen functional groups attached to an aromatic ring is 1. The average molecular weight is 264 g/mol. The smallest absolute Gasteiger partial charge is 0.151 e. The van der Waals surface area contributed by atoms with Crippen LogP contribution in [-0.2, 0) is 0 Å². The molecule has 2 aromatic carbocycles. The fraction of sp³-hybridized carbons (Fsp3) is 0.118. The van der Waals surface area contributed by atoms with E-state index in [1.54, 1.807) is 6.20 Å². The van der Waals surface area contributed by atoms with E-state index in [1.807, 2.05) is 50.2 Å². The number of benzene rings is 2. The number of hydrogen-bond acceptors (Lipinski definition) is 3. The molecule has 0 amide bonds. The third-order valence-electron chi connectivity index (χ3n) is 3.21. The monoisotopic (exact) mass is 264 g/mol. The molecule has 0 fully saturated rings. The van der Waals surface area contributed by atoms with Gasteiger partial charge in [-0.15, -0.1) is 0 Å². The van der Waals surface area contributed by atoms with E-state index in [9.17, 15) is 0 Å². The lowest BCUT2D eigenvalue weighted by molar-refractivity contribution is 0.485. The Morgan fingerprint density at radius 1 is 1.00 bits per heavy atom. The van der Waals surface area contributed by atoms with Gasteiger partial charge in [-0.25, -0.2) is 0 Å². The fourth-order valence-electron chi connectivity index (χ4n) is 2.36. The molecule has 0 saturated heterocycles. The van der Waals surface area contributed by atoms with Crippen LogP contribution in [0.25, 0.3) is 10.9 Å². The molecule has 0 unspecified atom stereocenters. The Kier molecular flexibility index (Phi) is 3.03. The van der Waals surface area contributed by atoms with Gasteiger partial charge < -0.3 is 10.5 Å². The third kappa shape index (κ3) is 2.30. The van der Waals surface area contributed by atoms with Crippen molar-refractivity contribution in [3.8, 4) is 11.5 Å². The van der Waals surface area contributed by atoms with E-state index >= 15 is 0 Å². The normalized spacial score (nSPS) is 10.7. The van der Waals surface area contributed by atoms with Crippen molar-refractivity contribution in [1.82, 2.24) is 4.98 Å². The summed E-state index contributed by atoms with van der Waals surface area (Å²) in [6, 6.07) is 13.7. The van der Waals surface area contributed by atoms with Gasteiger partial charge in [-0.05, 0) is 61.4 Å². The van der Waals surface area contributed by atoms with Crippen molar-refractivity contribution >= 4 is 16.6 Å². The number of rotatable bonds is 2. The minimum atomic E-state index is 0.620. The number of hydrogen-bond donors (Lipinski definition) is 1. The highest BCUT2D eigenvalue weighted by Gasteiger charge is 2.07. The zero-order valence-corrected chi connectivity index (χ0v) is 11.6. The Morgan fingerprint density at radius 2 is 1.75 bits per heavy atom. The van der Waals surface area contributed by atoms with Crippen molar-refractivity contribution in [2.75, 3.05) is 5.73 Å². The van der Waals surface area contributed by atoms with Gasteiger partial charge in [0.15, 0.2) is 5.75 Å². The van der Waals surface area contributed by atoms with E-state index in [4.69, 9.17) is 10.5 Å². The number of nitrogens with zero attached hydrogens (tertiary/aromatic N) is 1. The third-order valence-corrected chi connectivity index (χ3v) is 3.21. The minimum absolute atomic E-state index is 0.620. The van der Waals surface area contributed by atoms with Crippen LogP contribution in [0.3, 0.4) is 0 Å². The number of nitrogens with two attached hydrogens (primary N) is 1. The maximum absolute atomic E-state index is 6.18. The molecule has 1 aromatic heterocycles. The van der Waals surface area contributed by atoms with E-state index in [0.717, 1.165) is 16.7 Å². The Balaban J connectivity index is 2.04. The van der Waals surface area contributed by atoms with Crippen LogP contribution in [0.2, 0.25) is 0 Å². The van der Waals surface area contributed by atoms with Crippen LogP contribution in [0.4, 0.5) is 5.69 Å². The lowest BCUT2D eigenvalue weighted by Gasteiger charge is -2.11. The standard InChI is InChI=1S/C17H16N2O/c1-11-8-12(2)10-13(9-11)20-16-6-5-15-14(17(16)18)4-3-7-19-15/h3-10H,18H2,1-2H3. The summed E-state index contributed by atoms with van der Waals surface area (Å²) in [4.78, 5) is 4.28. The molecule has 3 heteroatoms. The highest BCUT2D eigenvalue weighted by Crippen LogP contribution is 2.33. The molecule has 0 spiro atoms. The van der Waals surface area contributed by atoms with Crippen LogP contribution < -0.4 is 10.5 Å². The van der Waals surface area contributed by atoms with Crippen LogP contribution in [0, 0.1) is 13.8 Å². The molecule has 3 nitrogen and oxygen atoms in total. The van der Waals surface area contributed by atoms with Crippen molar-refractivity contribution in [2.45, 2.75) is 13.8 Å². The highest BCUT2D eigenvalue weighted by atomic mass is 16.5. The molecule has 20 heavy (non-hydrogen) atoms. The predicted molar refractivity (Wildman–Crippen MR) is 82.1 cm³/mol. The first kappa shape index (κ1) is 12.5. The van der Waals surface area contributed by atoms with Gasteiger partial charge in [0, 0.05) is 11.6 Å². The Bertz CT molecular complexity index is 761. The zero-order valence-electron chi connectivity index (χ0n) is 11.6. The van der Waals surface area contributed by atoms with Crippen molar-refractivity contribution < 1.29 is 4.74 Å². The van der Waals surface area contributed by atoms with Gasteiger partial charge in [-0.1, -0.05) is 6.07 Å². The molecule has 0 aliphatic rings. The Hall–Kier alpha value is -2.55. The van der Waals surface area contributed by atoms with E-state index in [0.29, 0.717) is 11.4 Å². The molecule has 100 valence electrons. The molecule has 0 radical (unpaired) electrons. The Morgan fingerprint density at radius 3 is 2.50 bits per heavy atom. The summed E-state index contributed by atoms with van der Waals surface area (Å²) in [7, 11) is 0. The lowest BCUT2D eigenvalue weighted by atomic mass is 10.1. The number of fused-ring (bicyclic) bond motifs is 1. The molecule has 0 aliphatic heterocycles. The van der Waals surface area contributed by atoms with Crippen molar-refractivity contribution in [1.29, 1.82) is 0 Å². The first-order valence-corrected chi connectivity index (χ1v) is 6.53. The minimum Gasteiger partial charge on any atom is -0.455 e. The lowest BCUT2D eigenvalue weighted by Crippen LogP contribution is -1.94. The van der Waals surface area contributed by atoms with Gasteiger partial charge in [0.25, 0.3) is 0 Å². The second-order valence-electron chi connectivity index (χ2n) is 4.97. The van der Waals surface area contributed by atoms with Crippen LogP contribution >= 0.6 is 0 Å². The van der Waals surface area contributed by atoms with Gasteiger partial charge in [0.05, 0.1) is 11.2 Å². The van der Waals surface area contributed by atoms with E-state index in [1.165, 1.54) is 11.1 Å². The second-order valence-corrected chi connectivity index (χ2v) is 4.97. The second kappa shape index (κ2) is 4.85. The van der Waals surface area contributed by atoms with Crippen molar-refractivity contribution in [2.24, 2.45) is 0 Å². The summed E-state index contributed by atoms with van der Waals surface area (Å²) < 4.78 is 5.93. The molecule has 3 aromatic rings. The predicted octanol–water partition coefficient (Wildman–Crippen LogP) is 4.23. The molecule has 2 N–H and O–H groups in total. The summed E-state index contributed by atoms with van der Waals surface area (Å²) in [5.41, 5.74) is 10.0. The summed E-state index contributed by atoms with van der Waals surface area (Å²) in [6.07, 6.45) is 1.76. The highest BCUT2D eigenvalue weighted by molar-refractivity contribution is 5.93. The average Bonchev–Trinajstić information content (AvgIpc) is 2.41. The van der Waals surface area contributed by atoms with Gasteiger partial charge in [0.1, 0.15) is 5.75 Å². The van der Waals surface area contributed by atoms with Crippen LogP contribution in [0.15, 0.2) is 48.7 Å². The first-order chi connectivity index (χ1) is 9.63. The summed E-state index contributed by atoms with van der Waals surface area (Å²) in [5, 5.41) is 0.911. The maximum Gasteiger partial charge on any atom is 0.151 e. The molecule has 0 aliphatic carbocycles. The maximum atomic E-state index is 6.18.